The molecule has 0 radical (unpaired) electrons. The number of hydrogen-bond acceptors (Lipinski definition) is 6. The Kier molecular flexibility index (Phi) is 5.70. The van der Waals surface area contributed by atoms with Crippen molar-refractivity contribution in [3.05, 3.63) is 10.6 Å². The Bertz CT molecular complexity index is 419. The van der Waals surface area contributed by atoms with Gasteiger partial charge in [0.15, 0.2) is 0 Å². The molecule has 0 aromatic carbocycles. The molecule has 0 aliphatic rings. The van der Waals surface area contributed by atoms with Gasteiger partial charge < -0.3 is 9.64 Å². The van der Waals surface area contributed by atoms with Crippen LogP contribution in [0.15, 0.2) is 0 Å². The minimum atomic E-state index is -0.260. The van der Waals surface area contributed by atoms with E-state index in [-0.39, 0.29) is 11.9 Å². The first-order valence-corrected chi connectivity index (χ1v) is 6.51. The molecule has 0 spiro atoms. The van der Waals surface area contributed by atoms with Crippen LogP contribution < -0.4 is 0 Å². The fraction of sp³-hybridized carbons (Fsp3) is 0.636. The standard InChI is InChI=1S/C11H17N3O3S/c1-4-8-10(18-13-12-8)11(16)14(2)7-5-6-9(15)17-3/h4-7H2,1-3H3. The van der Waals surface area contributed by atoms with E-state index in [1.807, 2.05) is 6.92 Å². The molecule has 0 atom stereocenters. The van der Waals surface area contributed by atoms with Crippen LogP contribution in [0.3, 0.4) is 0 Å². The lowest BCUT2D eigenvalue weighted by Crippen LogP contribution is -2.28. The quantitative estimate of drug-likeness (QED) is 0.725. The molecule has 0 saturated heterocycles. The van der Waals surface area contributed by atoms with E-state index in [0.29, 0.717) is 30.7 Å². The number of aromatic nitrogens is 2. The number of rotatable bonds is 6. The fourth-order valence-electron chi connectivity index (χ4n) is 1.44. The minimum absolute atomic E-state index is 0.0910. The average Bonchev–Trinajstić information content (AvgIpc) is 2.85. The number of ether oxygens (including phenoxy) is 1. The third-order valence-electron chi connectivity index (χ3n) is 2.53. The van der Waals surface area contributed by atoms with Crippen LogP contribution in [-0.2, 0) is 16.0 Å². The molecule has 0 aliphatic heterocycles. The Morgan fingerprint density at radius 3 is 2.78 bits per heavy atom. The third-order valence-corrected chi connectivity index (χ3v) is 3.29. The highest BCUT2D eigenvalue weighted by Gasteiger charge is 2.18. The molecule has 0 fully saturated rings. The third kappa shape index (κ3) is 3.76. The summed E-state index contributed by atoms with van der Waals surface area (Å²) in [6.07, 6.45) is 1.59. The number of carbonyl (C=O) groups excluding carboxylic acids is 2. The molecule has 0 bridgehead atoms. The van der Waals surface area contributed by atoms with E-state index < -0.39 is 0 Å². The van der Waals surface area contributed by atoms with Crippen LogP contribution in [0.1, 0.15) is 35.1 Å². The predicted octanol–water partition coefficient (Wildman–Crippen LogP) is 1.13. The summed E-state index contributed by atoms with van der Waals surface area (Å²) in [5.41, 5.74) is 0.727. The number of methoxy groups -OCH3 is 1. The molecule has 1 aromatic rings. The molecular formula is C11H17N3O3S. The second kappa shape index (κ2) is 7.05. The second-order valence-electron chi connectivity index (χ2n) is 3.81. The SMILES string of the molecule is CCc1nnsc1C(=O)N(C)CCCC(=O)OC. The summed E-state index contributed by atoms with van der Waals surface area (Å²) in [4.78, 5) is 25.2. The van der Waals surface area contributed by atoms with Crippen LogP contribution in [0.2, 0.25) is 0 Å². The van der Waals surface area contributed by atoms with Gasteiger partial charge in [0.1, 0.15) is 4.88 Å². The Labute approximate surface area is 110 Å². The van der Waals surface area contributed by atoms with Gasteiger partial charge in [-0.3, -0.25) is 9.59 Å². The first-order chi connectivity index (χ1) is 8.60. The number of carbonyl (C=O) groups is 2. The zero-order valence-corrected chi connectivity index (χ0v) is 11.6. The van der Waals surface area contributed by atoms with Crippen LogP contribution >= 0.6 is 11.5 Å². The van der Waals surface area contributed by atoms with Gasteiger partial charge in [-0.15, -0.1) is 5.10 Å². The molecule has 7 heteroatoms. The van der Waals surface area contributed by atoms with Gasteiger partial charge in [0.2, 0.25) is 0 Å². The van der Waals surface area contributed by atoms with E-state index in [1.54, 1.807) is 11.9 Å². The van der Waals surface area contributed by atoms with Crippen LogP contribution in [0.4, 0.5) is 0 Å². The maximum atomic E-state index is 12.1. The minimum Gasteiger partial charge on any atom is -0.469 e. The molecule has 1 aromatic heterocycles. The summed E-state index contributed by atoms with van der Waals surface area (Å²) < 4.78 is 8.33. The molecule has 0 saturated carbocycles. The molecule has 1 rings (SSSR count). The zero-order valence-electron chi connectivity index (χ0n) is 10.8. The van der Waals surface area contributed by atoms with Crippen molar-refractivity contribution in [2.24, 2.45) is 0 Å². The summed E-state index contributed by atoms with van der Waals surface area (Å²) in [7, 11) is 3.06. The largest absolute Gasteiger partial charge is 0.469 e. The first-order valence-electron chi connectivity index (χ1n) is 5.73. The summed E-state index contributed by atoms with van der Waals surface area (Å²) in [5.74, 6) is -0.351. The lowest BCUT2D eigenvalue weighted by Gasteiger charge is -2.15. The molecule has 100 valence electrons. The van der Waals surface area contributed by atoms with E-state index in [9.17, 15) is 9.59 Å². The summed E-state index contributed by atoms with van der Waals surface area (Å²) in [6, 6.07) is 0. The van der Waals surface area contributed by atoms with Gasteiger partial charge in [-0.1, -0.05) is 11.4 Å². The van der Waals surface area contributed by atoms with E-state index >= 15 is 0 Å². The van der Waals surface area contributed by atoms with Gasteiger partial charge in [-0.2, -0.15) is 0 Å². The molecule has 18 heavy (non-hydrogen) atoms. The van der Waals surface area contributed by atoms with Crippen molar-refractivity contribution in [1.82, 2.24) is 14.5 Å². The number of aryl methyl sites for hydroxylation is 1. The Morgan fingerprint density at radius 1 is 1.44 bits per heavy atom. The molecule has 0 aliphatic carbocycles. The Balaban J connectivity index is 2.49. The van der Waals surface area contributed by atoms with E-state index in [4.69, 9.17) is 0 Å². The van der Waals surface area contributed by atoms with Gasteiger partial charge in [-0.05, 0) is 24.4 Å². The van der Waals surface area contributed by atoms with E-state index in [1.165, 1.54) is 7.11 Å². The van der Waals surface area contributed by atoms with Crippen molar-refractivity contribution in [3.63, 3.8) is 0 Å². The maximum absolute atomic E-state index is 12.1. The van der Waals surface area contributed by atoms with Crippen molar-refractivity contribution in [3.8, 4) is 0 Å². The van der Waals surface area contributed by atoms with Crippen molar-refractivity contribution in [2.45, 2.75) is 26.2 Å². The number of nitrogens with zero attached hydrogens (tertiary/aromatic N) is 3. The van der Waals surface area contributed by atoms with E-state index in [0.717, 1.165) is 17.2 Å². The normalized spacial score (nSPS) is 10.2. The number of esters is 1. The predicted molar refractivity (Wildman–Crippen MR) is 67.5 cm³/mol. The van der Waals surface area contributed by atoms with Crippen molar-refractivity contribution >= 4 is 23.4 Å². The van der Waals surface area contributed by atoms with Crippen molar-refractivity contribution < 1.29 is 14.3 Å². The van der Waals surface area contributed by atoms with Crippen LogP contribution in [0.25, 0.3) is 0 Å². The average molecular weight is 271 g/mol. The lowest BCUT2D eigenvalue weighted by molar-refractivity contribution is -0.140. The van der Waals surface area contributed by atoms with Gasteiger partial charge in [0, 0.05) is 20.0 Å². The van der Waals surface area contributed by atoms with Crippen LogP contribution in [0, 0.1) is 0 Å². The molecule has 1 heterocycles. The van der Waals surface area contributed by atoms with Crippen LogP contribution in [-0.4, -0.2) is 47.1 Å². The number of hydrogen-bond donors (Lipinski definition) is 0. The maximum Gasteiger partial charge on any atom is 0.305 e. The smallest absolute Gasteiger partial charge is 0.305 e. The van der Waals surface area contributed by atoms with Gasteiger partial charge in [-0.25, -0.2) is 0 Å². The second-order valence-corrected chi connectivity index (χ2v) is 4.56. The zero-order chi connectivity index (χ0) is 13.5. The molecule has 0 N–H and O–H groups in total. The highest BCUT2D eigenvalue weighted by Crippen LogP contribution is 2.13. The Morgan fingerprint density at radius 2 is 2.17 bits per heavy atom. The fourth-order valence-corrected chi connectivity index (χ4v) is 2.19. The van der Waals surface area contributed by atoms with Crippen LogP contribution in [0.5, 0.6) is 0 Å². The summed E-state index contributed by atoms with van der Waals surface area (Å²) in [6.45, 7) is 2.44. The number of amides is 1. The molecule has 1 amide bonds. The van der Waals surface area contributed by atoms with Gasteiger partial charge in [0.05, 0.1) is 12.8 Å². The monoisotopic (exact) mass is 271 g/mol. The van der Waals surface area contributed by atoms with E-state index in [2.05, 4.69) is 14.3 Å². The summed E-state index contributed by atoms with van der Waals surface area (Å²) in [5, 5.41) is 3.91. The molecule has 6 nitrogen and oxygen atoms in total. The summed E-state index contributed by atoms with van der Waals surface area (Å²) >= 11 is 1.11. The molecular weight excluding hydrogens is 254 g/mol. The lowest BCUT2D eigenvalue weighted by atomic mass is 10.2. The highest BCUT2D eigenvalue weighted by atomic mass is 32.1. The first kappa shape index (κ1) is 14.6. The van der Waals surface area contributed by atoms with Crippen molar-refractivity contribution in [1.29, 1.82) is 0 Å². The topological polar surface area (TPSA) is 72.4 Å². The highest BCUT2D eigenvalue weighted by molar-refractivity contribution is 7.07. The molecule has 0 unspecified atom stereocenters. The van der Waals surface area contributed by atoms with Gasteiger partial charge >= 0.3 is 5.97 Å². The van der Waals surface area contributed by atoms with Gasteiger partial charge in [0.25, 0.3) is 5.91 Å². The Hall–Kier alpha value is -1.50. The van der Waals surface area contributed by atoms with Crippen molar-refractivity contribution in [2.75, 3.05) is 20.7 Å².